The molecule has 0 aliphatic carbocycles. The van der Waals surface area contributed by atoms with Crippen molar-refractivity contribution >= 4 is 27.5 Å². The summed E-state index contributed by atoms with van der Waals surface area (Å²) in [7, 11) is 0. The number of aryl methyl sites for hydroxylation is 2. The van der Waals surface area contributed by atoms with E-state index in [0.29, 0.717) is 5.56 Å². The van der Waals surface area contributed by atoms with Gasteiger partial charge in [-0.2, -0.15) is 0 Å². The van der Waals surface area contributed by atoms with Crippen molar-refractivity contribution in [2.45, 2.75) is 13.3 Å². The third-order valence-electron chi connectivity index (χ3n) is 2.98. The Hall–Kier alpha value is -1.61. The van der Waals surface area contributed by atoms with Crippen LogP contribution in [0.3, 0.4) is 0 Å². The van der Waals surface area contributed by atoms with Gasteiger partial charge in [-0.25, -0.2) is 0 Å². The normalized spacial score (nSPS) is 10.2. The molecule has 1 amide bonds. The van der Waals surface area contributed by atoms with Gasteiger partial charge in [-0.05, 0) is 42.7 Å². The molecule has 0 aliphatic rings. The molecule has 2 rings (SSSR count). The highest BCUT2D eigenvalue weighted by Crippen LogP contribution is 2.14. The minimum Gasteiger partial charge on any atom is -0.322 e. The van der Waals surface area contributed by atoms with Gasteiger partial charge >= 0.3 is 0 Å². The van der Waals surface area contributed by atoms with Gasteiger partial charge in [-0.3, -0.25) is 4.79 Å². The quantitative estimate of drug-likeness (QED) is 0.842. The van der Waals surface area contributed by atoms with E-state index in [1.54, 1.807) is 0 Å². The minimum atomic E-state index is -0.0636. The van der Waals surface area contributed by atoms with Crippen molar-refractivity contribution in [3.05, 3.63) is 65.2 Å². The predicted octanol–water partition coefficient (Wildman–Crippen LogP) is 4.18. The van der Waals surface area contributed by atoms with Gasteiger partial charge in [0.25, 0.3) is 5.91 Å². The lowest BCUT2D eigenvalue weighted by atomic mass is 10.1. The van der Waals surface area contributed by atoms with Gasteiger partial charge in [0.2, 0.25) is 0 Å². The van der Waals surface area contributed by atoms with E-state index in [2.05, 4.69) is 21.2 Å². The van der Waals surface area contributed by atoms with E-state index in [9.17, 15) is 4.79 Å². The lowest BCUT2D eigenvalue weighted by Crippen LogP contribution is -2.13. The molecule has 0 radical (unpaired) electrons. The second-order valence-electron chi connectivity index (χ2n) is 4.40. The molecule has 2 aromatic rings. The fourth-order valence-electron chi connectivity index (χ4n) is 1.89. The molecule has 0 spiro atoms. The first-order chi connectivity index (χ1) is 9.20. The second-order valence-corrected chi connectivity index (χ2v) is 5.20. The van der Waals surface area contributed by atoms with Crippen LogP contribution in [-0.4, -0.2) is 11.2 Å². The zero-order chi connectivity index (χ0) is 13.7. The maximum Gasteiger partial charge on any atom is 0.255 e. The average molecular weight is 318 g/mol. The third kappa shape index (κ3) is 3.67. The summed E-state index contributed by atoms with van der Waals surface area (Å²) in [4.78, 5) is 12.1. The SMILES string of the molecule is Cc1ccccc1C(=O)Nc1ccc(CCBr)cc1. The van der Waals surface area contributed by atoms with Crippen LogP contribution in [0.1, 0.15) is 21.5 Å². The molecule has 0 unspecified atom stereocenters. The van der Waals surface area contributed by atoms with Crippen molar-refractivity contribution < 1.29 is 4.79 Å². The van der Waals surface area contributed by atoms with Crippen LogP contribution in [0.25, 0.3) is 0 Å². The molecule has 0 atom stereocenters. The average Bonchev–Trinajstić information content (AvgIpc) is 2.42. The molecule has 0 aromatic heterocycles. The monoisotopic (exact) mass is 317 g/mol. The summed E-state index contributed by atoms with van der Waals surface area (Å²) in [5.41, 5.74) is 3.78. The fourth-order valence-corrected chi connectivity index (χ4v) is 2.35. The number of alkyl halides is 1. The van der Waals surface area contributed by atoms with Crippen LogP contribution in [0.2, 0.25) is 0 Å². The first-order valence-electron chi connectivity index (χ1n) is 6.22. The molecule has 19 heavy (non-hydrogen) atoms. The number of amides is 1. The van der Waals surface area contributed by atoms with Crippen molar-refractivity contribution in [2.24, 2.45) is 0 Å². The molecule has 0 saturated carbocycles. The highest BCUT2D eigenvalue weighted by molar-refractivity contribution is 9.09. The van der Waals surface area contributed by atoms with Crippen LogP contribution in [0.4, 0.5) is 5.69 Å². The Morgan fingerprint density at radius 2 is 1.79 bits per heavy atom. The van der Waals surface area contributed by atoms with E-state index in [1.165, 1.54) is 5.56 Å². The van der Waals surface area contributed by atoms with Crippen LogP contribution in [0.5, 0.6) is 0 Å². The lowest BCUT2D eigenvalue weighted by molar-refractivity contribution is 0.102. The molecule has 0 bridgehead atoms. The summed E-state index contributed by atoms with van der Waals surface area (Å²) in [6.07, 6.45) is 0.992. The molecule has 3 heteroatoms. The van der Waals surface area contributed by atoms with Crippen LogP contribution < -0.4 is 5.32 Å². The highest BCUT2D eigenvalue weighted by atomic mass is 79.9. The van der Waals surface area contributed by atoms with Gasteiger partial charge in [0.05, 0.1) is 0 Å². The molecular weight excluding hydrogens is 302 g/mol. The summed E-state index contributed by atoms with van der Waals surface area (Å²) >= 11 is 3.41. The van der Waals surface area contributed by atoms with Crippen LogP contribution in [0.15, 0.2) is 48.5 Å². The van der Waals surface area contributed by atoms with Crippen molar-refractivity contribution in [1.82, 2.24) is 0 Å². The van der Waals surface area contributed by atoms with Gasteiger partial charge in [0.15, 0.2) is 0 Å². The first kappa shape index (κ1) is 13.8. The van der Waals surface area contributed by atoms with E-state index in [-0.39, 0.29) is 5.91 Å². The molecule has 0 heterocycles. The van der Waals surface area contributed by atoms with Crippen molar-refractivity contribution in [1.29, 1.82) is 0 Å². The van der Waals surface area contributed by atoms with E-state index < -0.39 is 0 Å². The fraction of sp³-hybridized carbons (Fsp3) is 0.188. The Labute approximate surface area is 122 Å². The second kappa shape index (κ2) is 6.53. The van der Waals surface area contributed by atoms with Crippen molar-refractivity contribution in [3.63, 3.8) is 0 Å². The highest BCUT2D eigenvalue weighted by Gasteiger charge is 2.08. The topological polar surface area (TPSA) is 29.1 Å². The van der Waals surface area contributed by atoms with E-state index in [4.69, 9.17) is 0 Å². The maximum absolute atomic E-state index is 12.1. The summed E-state index contributed by atoms with van der Waals surface area (Å²) in [6, 6.07) is 15.5. The van der Waals surface area contributed by atoms with Gasteiger partial charge in [0.1, 0.15) is 0 Å². The first-order valence-corrected chi connectivity index (χ1v) is 7.35. The molecular formula is C16H16BrNO. The molecule has 0 fully saturated rings. The lowest BCUT2D eigenvalue weighted by Gasteiger charge is -2.08. The maximum atomic E-state index is 12.1. The Bertz CT molecular complexity index is 563. The van der Waals surface area contributed by atoms with Gasteiger partial charge < -0.3 is 5.32 Å². The number of hydrogen-bond acceptors (Lipinski definition) is 1. The summed E-state index contributed by atoms with van der Waals surface area (Å²) in [5, 5.41) is 3.86. The van der Waals surface area contributed by atoms with Gasteiger partial charge in [-0.15, -0.1) is 0 Å². The zero-order valence-electron chi connectivity index (χ0n) is 10.8. The number of carbonyl (C=O) groups excluding carboxylic acids is 1. The van der Waals surface area contributed by atoms with Crippen molar-refractivity contribution in [2.75, 3.05) is 10.6 Å². The molecule has 2 nitrogen and oxygen atoms in total. The number of hydrogen-bond donors (Lipinski definition) is 1. The van der Waals surface area contributed by atoms with Gasteiger partial charge in [-0.1, -0.05) is 46.3 Å². The van der Waals surface area contributed by atoms with Crippen molar-refractivity contribution in [3.8, 4) is 0 Å². The number of rotatable bonds is 4. The predicted molar refractivity (Wildman–Crippen MR) is 83.1 cm³/mol. The van der Waals surface area contributed by atoms with Gasteiger partial charge in [0, 0.05) is 16.6 Å². The number of benzene rings is 2. The van der Waals surface area contributed by atoms with Crippen LogP contribution in [0, 0.1) is 6.92 Å². The Morgan fingerprint density at radius 3 is 2.42 bits per heavy atom. The van der Waals surface area contributed by atoms with E-state index in [1.807, 2.05) is 55.5 Å². The van der Waals surface area contributed by atoms with Crippen LogP contribution in [-0.2, 0) is 6.42 Å². The molecule has 2 aromatic carbocycles. The Balaban J connectivity index is 2.09. The molecule has 98 valence electrons. The van der Waals surface area contributed by atoms with E-state index >= 15 is 0 Å². The van der Waals surface area contributed by atoms with E-state index in [0.717, 1.165) is 23.0 Å². The molecule has 0 saturated heterocycles. The Morgan fingerprint density at radius 1 is 1.11 bits per heavy atom. The summed E-state index contributed by atoms with van der Waals surface area (Å²) in [6.45, 7) is 1.94. The molecule has 0 aliphatic heterocycles. The minimum absolute atomic E-state index is 0.0636. The summed E-state index contributed by atoms with van der Waals surface area (Å²) < 4.78 is 0. The molecule has 1 N–H and O–H groups in total. The third-order valence-corrected chi connectivity index (χ3v) is 3.38. The smallest absolute Gasteiger partial charge is 0.255 e. The number of nitrogens with one attached hydrogen (secondary N) is 1. The number of halogens is 1. The summed E-state index contributed by atoms with van der Waals surface area (Å²) in [5.74, 6) is -0.0636. The number of carbonyl (C=O) groups is 1. The number of anilines is 1. The van der Waals surface area contributed by atoms with Crippen LogP contribution >= 0.6 is 15.9 Å². The standard InChI is InChI=1S/C16H16BrNO/c1-12-4-2-3-5-15(12)16(19)18-14-8-6-13(7-9-14)10-11-17/h2-9H,10-11H2,1H3,(H,18,19). The Kier molecular flexibility index (Phi) is 4.74. The largest absolute Gasteiger partial charge is 0.322 e. The zero-order valence-corrected chi connectivity index (χ0v) is 12.4.